The Morgan fingerprint density at radius 1 is 0.879 bits per heavy atom. The summed E-state index contributed by atoms with van der Waals surface area (Å²) in [5.41, 5.74) is 0.906. The summed E-state index contributed by atoms with van der Waals surface area (Å²) in [4.78, 5) is 13.5. The van der Waals surface area contributed by atoms with Gasteiger partial charge in [0.05, 0.1) is 11.5 Å². The smallest absolute Gasteiger partial charge is 0.314 e. The van der Waals surface area contributed by atoms with Crippen molar-refractivity contribution < 1.29 is 15.0 Å². The molecule has 0 spiro atoms. The van der Waals surface area contributed by atoms with Crippen LogP contribution in [0.5, 0.6) is 0 Å². The molecular formula is C30H48O3. The van der Waals surface area contributed by atoms with Crippen LogP contribution in [0.25, 0.3) is 0 Å². The SMILES string of the molecule is CC1(C)CC[C@]2(C)CC[C@]3(C(=O)O)C(=CC[C@@H]4[C@@]5(C)CC[C@H](O)C(C)(C)C5CC[C@]43C)[C@@H]2C1. The Balaban J connectivity index is 1.64. The molecule has 3 heteroatoms. The highest BCUT2D eigenvalue weighted by atomic mass is 16.4. The summed E-state index contributed by atoms with van der Waals surface area (Å²) in [6, 6.07) is 0. The zero-order chi connectivity index (χ0) is 24.2. The van der Waals surface area contributed by atoms with E-state index >= 15 is 0 Å². The Hall–Kier alpha value is -0.830. The van der Waals surface area contributed by atoms with Gasteiger partial charge in [-0.1, -0.05) is 60.1 Å². The van der Waals surface area contributed by atoms with Gasteiger partial charge in [0, 0.05) is 0 Å². The van der Waals surface area contributed by atoms with Crippen LogP contribution in [0.2, 0.25) is 0 Å². The molecule has 0 aliphatic heterocycles. The summed E-state index contributed by atoms with van der Waals surface area (Å²) < 4.78 is 0. The van der Waals surface area contributed by atoms with E-state index in [4.69, 9.17) is 0 Å². The predicted octanol–water partition coefficient (Wildman–Crippen LogP) is 7.23. The molecule has 1 unspecified atom stereocenters. The minimum absolute atomic E-state index is 0.0901. The molecule has 2 N–H and O–H groups in total. The van der Waals surface area contributed by atoms with Crippen molar-refractivity contribution in [1.82, 2.24) is 0 Å². The molecule has 3 nitrogen and oxygen atoms in total. The van der Waals surface area contributed by atoms with Gasteiger partial charge in [0.15, 0.2) is 0 Å². The van der Waals surface area contributed by atoms with Gasteiger partial charge in [-0.25, -0.2) is 0 Å². The van der Waals surface area contributed by atoms with Gasteiger partial charge in [-0.05, 0) is 109 Å². The van der Waals surface area contributed by atoms with Crippen LogP contribution in [0.1, 0.15) is 113 Å². The lowest BCUT2D eigenvalue weighted by atomic mass is 9.33. The van der Waals surface area contributed by atoms with Crippen LogP contribution >= 0.6 is 0 Å². The molecule has 0 saturated heterocycles. The van der Waals surface area contributed by atoms with Crippen LogP contribution in [-0.4, -0.2) is 22.3 Å². The third kappa shape index (κ3) is 2.87. The second kappa shape index (κ2) is 6.89. The third-order valence-corrected chi connectivity index (χ3v) is 12.9. The normalized spacial score (nSPS) is 52.4. The molecule has 8 atom stereocenters. The zero-order valence-electron chi connectivity index (χ0n) is 22.3. The lowest BCUT2D eigenvalue weighted by molar-refractivity contribution is -0.213. The van der Waals surface area contributed by atoms with E-state index < -0.39 is 11.4 Å². The van der Waals surface area contributed by atoms with E-state index in [-0.39, 0.29) is 33.2 Å². The fourth-order valence-corrected chi connectivity index (χ4v) is 10.6. The number of rotatable bonds is 1. The molecule has 0 aromatic heterocycles. The molecule has 0 radical (unpaired) electrons. The quantitative estimate of drug-likeness (QED) is 0.409. The fraction of sp³-hybridized carbons (Fsp3) is 0.900. The molecular weight excluding hydrogens is 408 g/mol. The largest absolute Gasteiger partial charge is 0.481 e. The van der Waals surface area contributed by atoms with Gasteiger partial charge in [-0.2, -0.15) is 0 Å². The monoisotopic (exact) mass is 456 g/mol. The van der Waals surface area contributed by atoms with E-state index in [1.165, 1.54) is 18.4 Å². The molecule has 0 bridgehead atoms. The highest BCUT2D eigenvalue weighted by Gasteiger charge is 2.71. The summed E-state index contributed by atoms with van der Waals surface area (Å²) in [6.07, 6.45) is 12.6. The average molecular weight is 457 g/mol. The van der Waals surface area contributed by atoms with Crippen molar-refractivity contribution in [1.29, 1.82) is 0 Å². The number of carboxylic acids is 1. The molecule has 0 aromatic carbocycles. The topological polar surface area (TPSA) is 57.5 Å². The van der Waals surface area contributed by atoms with Crippen molar-refractivity contribution in [3.8, 4) is 0 Å². The van der Waals surface area contributed by atoms with Gasteiger partial charge < -0.3 is 10.2 Å². The van der Waals surface area contributed by atoms with Crippen molar-refractivity contribution in [2.45, 2.75) is 119 Å². The third-order valence-electron chi connectivity index (χ3n) is 12.9. The van der Waals surface area contributed by atoms with Crippen molar-refractivity contribution in [3.05, 3.63) is 11.6 Å². The summed E-state index contributed by atoms with van der Waals surface area (Å²) in [5.74, 6) is 0.675. The highest BCUT2D eigenvalue weighted by molar-refractivity contribution is 5.81. The number of carbonyl (C=O) groups is 1. The van der Waals surface area contributed by atoms with Crippen LogP contribution in [0.15, 0.2) is 11.6 Å². The van der Waals surface area contributed by atoms with Crippen molar-refractivity contribution in [3.63, 3.8) is 0 Å². The highest BCUT2D eigenvalue weighted by Crippen LogP contribution is 2.75. The van der Waals surface area contributed by atoms with Crippen LogP contribution in [0.3, 0.4) is 0 Å². The molecule has 5 aliphatic rings. The molecule has 0 amide bonds. The Morgan fingerprint density at radius 3 is 2.21 bits per heavy atom. The molecule has 4 saturated carbocycles. The predicted molar refractivity (Wildman–Crippen MR) is 133 cm³/mol. The van der Waals surface area contributed by atoms with E-state index in [1.54, 1.807) is 0 Å². The Kier molecular flexibility index (Phi) is 4.99. The Morgan fingerprint density at radius 2 is 1.55 bits per heavy atom. The van der Waals surface area contributed by atoms with E-state index in [2.05, 4.69) is 54.5 Å². The molecule has 186 valence electrons. The molecule has 33 heavy (non-hydrogen) atoms. The van der Waals surface area contributed by atoms with Crippen LogP contribution < -0.4 is 0 Å². The maximum Gasteiger partial charge on any atom is 0.314 e. The summed E-state index contributed by atoms with van der Waals surface area (Å²) in [5, 5.41) is 22.0. The second-order valence-corrected chi connectivity index (χ2v) is 15.1. The number of aliphatic carboxylic acids is 1. The number of hydrogen-bond acceptors (Lipinski definition) is 2. The van der Waals surface area contributed by atoms with E-state index in [1.807, 2.05) is 0 Å². The summed E-state index contributed by atoms with van der Waals surface area (Å²) >= 11 is 0. The molecule has 0 aromatic rings. The number of carboxylic acid groups (broad SMARTS) is 1. The van der Waals surface area contributed by atoms with Gasteiger partial charge in [0.25, 0.3) is 0 Å². The number of aliphatic hydroxyl groups excluding tert-OH is 1. The van der Waals surface area contributed by atoms with E-state index in [0.29, 0.717) is 17.8 Å². The summed E-state index contributed by atoms with van der Waals surface area (Å²) in [6.45, 7) is 16.6. The average Bonchev–Trinajstić information content (AvgIpc) is 2.71. The first kappa shape index (κ1) is 23.9. The second-order valence-electron chi connectivity index (χ2n) is 15.1. The van der Waals surface area contributed by atoms with Gasteiger partial charge in [-0.15, -0.1) is 0 Å². The van der Waals surface area contributed by atoms with Gasteiger partial charge in [0.1, 0.15) is 0 Å². The van der Waals surface area contributed by atoms with Gasteiger partial charge in [0.2, 0.25) is 0 Å². The first-order chi connectivity index (χ1) is 15.1. The molecule has 5 aliphatic carbocycles. The van der Waals surface area contributed by atoms with Crippen LogP contribution in [0.4, 0.5) is 0 Å². The number of fused-ring (bicyclic) bond motifs is 7. The Labute approximate surface area is 201 Å². The number of hydrogen-bond donors (Lipinski definition) is 2. The van der Waals surface area contributed by atoms with Crippen molar-refractivity contribution >= 4 is 5.97 Å². The van der Waals surface area contributed by atoms with Crippen molar-refractivity contribution in [2.24, 2.45) is 50.2 Å². The molecule has 0 heterocycles. The van der Waals surface area contributed by atoms with Crippen LogP contribution in [0, 0.1) is 50.2 Å². The fourth-order valence-electron chi connectivity index (χ4n) is 10.6. The maximum atomic E-state index is 13.5. The lowest BCUT2D eigenvalue weighted by Crippen LogP contribution is -2.66. The van der Waals surface area contributed by atoms with Crippen molar-refractivity contribution in [2.75, 3.05) is 0 Å². The minimum atomic E-state index is -0.721. The standard InChI is InChI=1S/C30H48O3/c1-25(2)14-15-27(5)16-17-30(24(32)33)19(20(27)18-25)8-9-22-28(6)12-11-23(31)26(3,4)21(28)10-13-29(22,30)7/h8,20-23,31H,9-18H2,1-7H3,(H,32,33)/t20-,21?,22+,23-,27+,28-,29+,30+/m0/s1. The van der Waals surface area contributed by atoms with E-state index in [9.17, 15) is 15.0 Å². The first-order valence-electron chi connectivity index (χ1n) is 13.8. The van der Waals surface area contributed by atoms with Gasteiger partial charge in [-0.3, -0.25) is 4.79 Å². The maximum absolute atomic E-state index is 13.5. The van der Waals surface area contributed by atoms with Crippen LogP contribution in [-0.2, 0) is 4.79 Å². The first-order valence-corrected chi connectivity index (χ1v) is 13.8. The number of aliphatic hydroxyl groups is 1. The zero-order valence-corrected chi connectivity index (χ0v) is 22.3. The van der Waals surface area contributed by atoms with Gasteiger partial charge >= 0.3 is 5.97 Å². The summed E-state index contributed by atoms with van der Waals surface area (Å²) in [7, 11) is 0. The molecule has 4 fully saturated rings. The molecule has 5 rings (SSSR count). The number of allylic oxidation sites excluding steroid dienone is 1. The minimum Gasteiger partial charge on any atom is -0.481 e. The lowest BCUT2D eigenvalue weighted by Gasteiger charge is -2.70. The Bertz CT molecular complexity index is 885. The van der Waals surface area contributed by atoms with E-state index in [0.717, 1.165) is 51.4 Å².